The number of nitrogens with one attached hydrogen (secondary N) is 2. The van der Waals surface area contributed by atoms with Crippen LogP contribution in [0.2, 0.25) is 0 Å². The van der Waals surface area contributed by atoms with Crippen LogP contribution < -0.4 is 10.6 Å². The summed E-state index contributed by atoms with van der Waals surface area (Å²) in [5.41, 5.74) is 3.11. The lowest BCUT2D eigenvalue weighted by atomic mass is 9.79. The second kappa shape index (κ2) is 6.97. The monoisotopic (exact) mass is 288 g/mol. The molecule has 116 valence electrons. The first kappa shape index (κ1) is 15.9. The third-order valence-corrected chi connectivity index (χ3v) is 4.58. The molecular formula is C18H28N2O. The number of hydrogen-bond acceptors (Lipinski definition) is 2. The standard InChI is InChI=1S/C18H28N2O/c1-12(2)15-6-5-7-16(10-15)20-17-9-8-13(3)18(11-17)19-14(4)21/h8-9,11-12,15-16,20H,5-7,10H2,1-4H3,(H,19,21). The third kappa shape index (κ3) is 4.48. The molecular weight excluding hydrogens is 260 g/mol. The van der Waals surface area contributed by atoms with E-state index in [1.807, 2.05) is 6.92 Å². The molecule has 2 rings (SSSR count). The van der Waals surface area contributed by atoms with Gasteiger partial charge in [0.25, 0.3) is 0 Å². The zero-order valence-electron chi connectivity index (χ0n) is 13.7. The molecule has 0 saturated heterocycles. The highest BCUT2D eigenvalue weighted by molar-refractivity contribution is 5.90. The summed E-state index contributed by atoms with van der Waals surface area (Å²) in [6, 6.07) is 6.78. The Kier molecular flexibility index (Phi) is 5.27. The Morgan fingerprint density at radius 2 is 2.05 bits per heavy atom. The van der Waals surface area contributed by atoms with Gasteiger partial charge in [0.05, 0.1) is 0 Å². The topological polar surface area (TPSA) is 41.1 Å². The largest absolute Gasteiger partial charge is 0.382 e. The predicted octanol–water partition coefficient (Wildman–Crippen LogP) is 4.58. The van der Waals surface area contributed by atoms with Crippen molar-refractivity contribution < 1.29 is 4.79 Å². The van der Waals surface area contributed by atoms with E-state index in [0.29, 0.717) is 6.04 Å². The molecule has 0 heterocycles. The van der Waals surface area contributed by atoms with Gasteiger partial charge in [-0.2, -0.15) is 0 Å². The van der Waals surface area contributed by atoms with E-state index in [0.717, 1.165) is 28.8 Å². The average Bonchev–Trinajstić information content (AvgIpc) is 2.42. The maximum absolute atomic E-state index is 11.3. The van der Waals surface area contributed by atoms with Crippen molar-refractivity contribution in [2.75, 3.05) is 10.6 Å². The molecule has 2 N–H and O–H groups in total. The number of benzene rings is 1. The summed E-state index contributed by atoms with van der Waals surface area (Å²) in [5.74, 6) is 1.58. The second-order valence-electron chi connectivity index (χ2n) is 6.72. The average molecular weight is 288 g/mol. The first-order valence-electron chi connectivity index (χ1n) is 8.10. The van der Waals surface area contributed by atoms with Gasteiger partial charge >= 0.3 is 0 Å². The summed E-state index contributed by atoms with van der Waals surface area (Å²) in [6.07, 6.45) is 5.17. The fourth-order valence-electron chi connectivity index (χ4n) is 3.24. The molecule has 1 saturated carbocycles. The molecule has 0 spiro atoms. The number of carbonyl (C=O) groups is 1. The molecule has 2 atom stereocenters. The normalized spacial score (nSPS) is 22.1. The summed E-state index contributed by atoms with van der Waals surface area (Å²) in [5, 5.41) is 6.55. The molecule has 1 amide bonds. The zero-order valence-corrected chi connectivity index (χ0v) is 13.7. The van der Waals surface area contributed by atoms with Gasteiger partial charge < -0.3 is 10.6 Å². The molecule has 3 nitrogen and oxygen atoms in total. The quantitative estimate of drug-likeness (QED) is 0.851. The zero-order chi connectivity index (χ0) is 15.4. The van der Waals surface area contributed by atoms with E-state index in [4.69, 9.17) is 0 Å². The first-order chi connectivity index (χ1) is 9.95. The van der Waals surface area contributed by atoms with Crippen LogP contribution in [0, 0.1) is 18.8 Å². The van der Waals surface area contributed by atoms with Crippen LogP contribution in [-0.4, -0.2) is 11.9 Å². The van der Waals surface area contributed by atoms with Crippen molar-refractivity contribution in [1.29, 1.82) is 0 Å². The van der Waals surface area contributed by atoms with Crippen LogP contribution >= 0.6 is 0 Å². The number of hydrogen-bond donors (Lipinski definition) is 2. The van der Waals surface area contributed by atoms with Gasteiger partial charge in [0.1, 0.15) is 0 Å². The first-order valence-corrected chi connectivity index (χ1v) is 8.10. The van der Waals surface area contributed by atoms with Gasteiger partial charge in [-0.05, 0) is 49.3 Å². The van der Waals surface area contributed by atoms with Crippen LogP contribution in [-0.2, 0) is 4.79 Å². The van der Waals surface area contributed by atoms with E-state index >= 15 is 0 Å². The fraction of sp³-hybridized carbons (Fsp3) is 0.611. The van der Waals surface area contributed by atoms with Gasteiger partial charge in [0.2, 0.25) is 5.91 Å². The Hall–Kier alpha value is -1.51. The highest BCUT2D eigenvalue weighted by Crippen LogP contribution is 2.32. The van der Waals surface area contributed by atoms with Crippen molar-refractivity contribution in [3.05, 3.63) is 23.8 Å². The lowest BCUT2D eigenvalue weighted by molar-refractivity contribution is -0.114. The van der Waals surface area contributed by atoms with Gasteiger partial charge in [-0.1, -0.05) is 32.8 Å². The van der Waals surface area contributed by atoms with E-state index in [1.165, 1.54) is 25.7 Å². The molecule has 0 aliphatic heterocycles. The Morgan fingerprint density at radius 3 is 2.71 bits per heavy atom. The van der Waals surface area contributed by atoms with Crippen LogP contribution in [0.15, 0.2) is 18.2 Å². The van der Waals surface area contributed by atoms with Crippen molar-refractivity contribution in [3.8, 4) is 0 Å². The van der Waals surface area contributed by atoms with Crippen molar-refractivity contribution >= 4 is 17.3 Å². The van der Waals surface area contributed by atoms with Gasteiger partial charge in [-0.15, -0.1) is 0 Å². The molecule has 1 aromatic rings. The summed E-state index contributed by atoms with van der Waals surface area (Å²) in [7, 11) is 0. The molecule has 1 aliphatic rings. The van der Waals surface area contributed by atoms with Gasteiger partial charge in [-0.25, -0.2) is 0 Å². The van der Waals surface area contributed by atoms with Gasteiger partial charge in [-0.3, -0.25) is 4.79 Å². The van der Waals surface area contributed by atoms with Crippen molar-refractivity contribution in [1.82, 2.24) is 0 Å². The number of amides is 1. The Bertz CT molecular complexity index is 496. The highest BCUT2D eigenvalue weighted by atomic mass is 16.1. The summed E-state index contributed by atoms with van der Waals surface area (Å²) >= 11 is 0. The summed E-state index contributed by atoms with van der Waals surface area (Å²) in [4.78, 5) is 11.3. The molecule has 3 heteroatoms. The Labute approximate surface area is 128 Å². The van der Waals surface area contributed by atoms with E-state index < -0.39 is 0 Å². The molecule has 21 heavy (non-hydrogen) atoms. The highest BCUT2D eigenvalue weighted by Gasteiger charge is 2.24. The predicted molar refractivity (Wildman–Crippen MR) is 89.7 cm³/mol. The van der Waals surface area contributed by atoms with Gasteiger partial charge in [0.15, 0.2) is 0 Å². The van der Waals surface area contributed by atoms with E-state index in [2.05, 4.69) is 42.7 Å². The smallest absolute Gasteiger partial charge is 0.221 e. The number of carbonyl (C=O) groups excluding carboxylic acids is 1. The third-order valence-electron chi connectivity index (χ3n) is 4.58. The maximum atomic E-state index is 11.3. The minimum atomic E-state index is -0.0206. The van der Waals surface area contributed by atoms with Gasteiger partial charge in [0, 0.05) is 24.3 Å². The Morgan fingerprint density at radius 1 is 1.29 bits per heavy atom. The van der Waals surface area contributed by atoms with Crippen LogP contribution in [0.25, 0.3) is 0 Å². The minimum Gasteiger partial charge on any atom is -0.382 e. The van der Waals surface area contributed by atoms with Crippen LogP contribution in [0.5, 0.6) is 0 Å². The molecule has 0 bridgehead atoms. The van der Waals surface area contributed by atoms with Crippen LogP contribution in [0.4, 0.5) is 11.4 Å². The number of aryl methyl sites for hydroxylation is 1. The molecule has 0 aromatic heterocycles. The molecule has 0 radical (unpaired) electrons. The second-order valence-corrected chi connectivity index (χ2v) is 6.72. The van der Waals surface area contributed by atoms with Crippen LogP contribution in [0.3, 0.4) is 0 Å². The van der Waals surface area contributed by atoms with Crippen molar-refractivity contribution in [2.45, 2.75) is 59.4 Å². The lowest BCUT2D eigenvalue weighted by Crippen LogP contribution is -2.29. The summed E-state index contributed by atoms with van der Waals surface area (Å²) < 4.78 is 0. The van der Waals surface area contributed by atoms with E-state index in [1.54, 1.807) is 6.92 Å². The molecule has 1 aromatic carbocycles. The number of rotatable bonds is 4. The van der Waals surface area contributed by atoms with E-state index in [-0.39, 0.29) is 5.91 Å². The number of anilines is 2. The van der Waals surface area contributed by atoms with Crippen molar-refractivity contribution in [3.63, 3.8) is 0 Å². The summed E-state index contributed by atoms with van der Waals surface area (Å²) in [6.45, 7) is 8.22. The van der Waals surface area contributed by atoms with Crippen LogP contribution in [0.1, 0.15) is 52.0 Å². The lowest BCUT2D eigenvalue weighted by Gasteiger charge is -2.32. The molecule has 1 aliphatic carbocycles. The fourth-order valence-corrected chi connectivity index (χ4v) is 3.24. The Balaban J connectivity index is 2.03. The van der Waals surface area contributed by atoms with E-state index in [9.17, 15) is 4.79 Å². The SMILES string of the molecule is CC(=O)Nc1cc(NC2CCCC(C(C)C)C2)ccc1C. The maximum Gasteiger partial charge on any atom is 0.221 e. The molecule has 2 unspecified atom stereocenters. The molecule has 1 fully saturated rings. The van der Waals surface area contributed by atoms with Crippen molar-refractivity contribution in [2.24, 2.45) is 11.8 Å². The minimum absolute atomic E-state index is 0.0206.